The highest BCUT2D eigenvalue weighted by molar-refractivity contribution is 5.84. The van der Waals surface area contributed by atoms with Crippen LogP contribution in [-0.2, 0) is 13.2 Å². The Morgan fingerprint density at radius 2 is 1.61 bits per heavy atom. The monoisotopic (exact) mass is 419 g/mol. The molecular formula is C23H16F3N5. The number of hydrogen-bond donors (Lipinski definition) is 0. The van der Waals surface area contributed by atoms with E-state index in [1.54, 1.807) is 18.5 Å². The van der Waals surface area contributed by atoms with E-state index in [2.05, 4.69) is 15.2 Å². The predicted octanol–water partition coefficient (Wildman–Crippen LogP) is 5.51. The molecule has 0 N–H and O–H groups in total. The Hall–Kier alpha value is -3.94. The van der Waals surface area contributed by atoms with Crippen LogP contribution in [0.1, 0.15) is 5.56 Å². The van der Waals surface area contributed by atoms with Crippen LogP contribution in [0.15, 0.2) is 79.4 Å². The van der Waals surface area contributed by atoms with E-state index >= 15 is 0 Å². The predicted molar refractivity (Wildman–Crippen MR) is 112 cm³/mol. The van der Waals surface area contributed by atoms with Crippen molar-refractivity contribution in [3.8, 4) is 28.2 Å². The zero-order valence-electron chi connectivity index (χ0n) is 16.4. The van der Waals surface area contributed by atoms with Gasteiger partial charge in [0.05, 0.1) is 16.6 Å². The molecule has 31 heavy (non-hydrogen) atoms. The molecule has 5 rings (SSSR count). The summed E-state index contributed by atoms with van der Waals surface area (Å²) < 4.78 is 44.2. The number of imidazole rings is 1. The third-order valence-electron chi connectivity index (χ3n) is 5.19. The molecule has 0 atom stereocenters. The summed E-state index contributed by atoms with van der Waals surface area (Å²) in [6.07, 6.45) is -1.43. The maximum atomic E-state index is 13.6. The fraction of sp³-hybridized carbons (Fsp3) is 0.0870. The highest BCUT2D eigenvalue weighted by atomic mass is 19.4. The molecule has 0 spiro atoms. The first-order valence-electron chi connectivity index (χ1n) is 9.51. The van der Waals surface area contributed by atoms with Crippen molar-refractivity contribution in [2.24, 2.45) is 7.05 Å². The molecule has 154 valence electrons. The number of halogens is 3. The molecule has 8 heteroatoms. The molecule has 0 bridgehead atoms. The van der Waals surface area contributed by atoms with E-state index in [1.807, 2.05) is 54.1 Å². The molecule has 0 saturated heterocycles. The third-order valence-corrected chi connectivity index (χ3v) is 5.19. The lowest BCUT2D eigenvalue weighted by Gasteiger charge is -2.13. The summed E-state index contributed by atoms with van der Waals surface area (Å²) in [5.74, 6) is 0.702. The quantitative estimate of drug-likeness (QED) is 0.388. The molecule has 0 saturated carbocycles. The molecule has 0 unspecified atom stereocenters. The number of aromatic nitrogens is 5. The van der Waals surface area contributed by atoms with Crippen LogP contribution < -0.4 is 0 Å². The van der Waals surface area contributed by atoms with Gasteiger partial charge in [0.2, 0.25) is 0 Å². The van der Waals surface area contributed by atoms with Crippen molar-refractivity contribution in [1.29, 1.82) is 0 Å². The van der Waals surface area contributed by atoms with Gasteiger partial charge in [0.25, 0.3) is 0 Å². The Balaban J connectivity index is 1.69. The van der Waals surface area contributed by atoms with E-state index in [4.69, 9.17) is 0 Å². The van der Waals surface area contributed by atoms with Crippen LogP contribution in [0.25, 0.3) is 39.2 Å². The summed E-state index contributed by atoms with van der Waals surface area (Å²) in [5, 5.41) is 8.15. The van der Waals surface area contributed by atoms with Crippen LogP contribution in [0.4, 0.5) is 13.2 Å². The maximum absolute atomic E-state index is 13.6. The van der Waals surface area contributed by atoms with Gasteiger partial charge in [0, 0.05) is 18.3 Å². The molecule has 5 nitrogen and oxygen atoms in total. The number of fused-ring (bicyclic) bond motifs is 1. The number of aryl methyl sites for hydroxylation is 1. The number of alkyl halides is 3. The second kappa shape index (κ2) is 7.09. The molecule has 2 aromatic heterocycles. The van der Waals surface area contributed by atoms with Crippen LogP contribution >= 0.6 is 0 Å². The van der Waals surface area contributed by atoms with Crippen molar-refractivity contribution in [3.63, 3.8) is 0 Å². The second-order valence-corrected chi connectivity index (χ2v) is 7.15. The number of hydrogen-bond acceptors (Lipinski definition) is 3. The van der Waals surface area contributed by atoms with Crippen LogP contribution in [0.3, 0.4) is 0 Å². The highest BCUT2D eigenvalue weighted by Crippen LogP contribution is 2.36. The minimum Gasteiger partial charge on any atom is -0.317 e. The van der Waals surface area contributed by atoms with Gasteiger partial charge in [0.15, 0.2) is 5.82 Å². The van der Waals surface area contributed by atoms with Crippen molar-refractivity contribution >= 4 is 11.0 Å². The summed E-state index contributed by atoms with van der Waals surface area (Å²) in [6.45, 7) is 0. The molecule has 2 heterocycles. The van der Waals surface area contributed by atoms with Gasteiger partial charge in [-0.25, -0.2) is 4.98 Å². The average molecular weight is 419 g/mol. The van der Waals surface area contributed by atoms with E-state index in [0.717, 1.165) is 22.8 Å². The second-order valence-electron chi connectivity index (χ2n) is 7.15. The Morgan fingerprint density at radius 1 is 0.839 bits per heavy atom. The molecule has 0 fully saturated rings. The topological polar surface area (TPSA) is 48.5 Å². The molecular weight excluding hydrogens is 403 g/mol. The Kier molecular flexibility index (Phi) is 4.35. The van der Waals surface area contributed by atoms with Crippen molar-refractivity contribution < 1.29 is 13.2 Å². The summed E-state index contributed by atoms with van der Waals surface area (Å²) in [7, 11) is 1.86. The van der Waals surface area contributed by atoms with Gasteiger partial charge in [0.1, 0.15) is 12.7 Å². The summed E-state index contributed by atoms with van der Waals surface area (Å²) in [6, 6.07) is 19.1. The van der Waals surface area contributed by atoms with Crippen LogP contribution in [0.2, 0.25) is 0 Å². The lowest BCUT2D eigenvalue weighted by molar-refractivity contribution is -0.136. The van der Waals surface area contributed by atoms with Crippen molar-refractivity contribution in [1.82, 2.24) is 24.3 Å². The van der Waals surface area contributed by atoms with Gasteiger partial charge in [-0.3, -0.25) is 4.57 Å². The SMILES string of the molecule is Cn1cnnc1-c1ccccc1-c1cccc(-n2cnc3cccc(C(F)(F)F)c32)c1. The maximum Gasteiger partial charge on any atom is 0.418 e. The number of nitrogens with zero attached hydrogens (tertiary/aromatic N) is 5. The molecule has 5 aromatic rings. The van der Waals surface area contributed by atoms with Gasteiger partial charge >= 0.3 is 6.18 Å². The van der Waals surface area contributed by atoms with E-state index in [9.17, 15) is 13.2 Å². The number of rotatable bonds is 3. The first-order chi connectivity index (χ1) is 14.9. The standard InChI is InChI=1S/C23H16F3N5/c1-30-14-28-29-22(30)18-9-3-2-8-17(18)15-6-4-7-16(12-15)31-13-27-20-11-5-10-19(21(20)31)23(24,25)26/h2-14H,1H3. The molecule has 0 aliphatic carbocycles. The Labute approximate surface area is 175 Å². The fourth-order valence-corrected chi connectivity index (χ4v) is 3.77. The Bertz CT molecular complexity index is 1400. The lowest BCUT2D eigenvalue weighted by Crippen LogP contribution is -2.08. The summed E-state index contributed by atoms with van der Waals surface area (Å²) in [4.78, 5) is 4.18. The lowest BCUT2D eigenvalue weighted by atomic mass is 9.98. The van der Waals surface area contributed by atoms with Gasteiger partial charge in [-0.1, -0.05) is 42.5 Å². The molecule has 0 aliphatic heterocycles. The van der Waals surface area contributed by atoms with Gasteiger partial charge < -0.3 is 4.57 Å². The minimum atomic E-state index is -4.48. The first-order valence-corrected chi connectivity index (χ1v) is 9.51. The van der Waals surface area contributed by atoms with Crippen molar-refractivity contribution in [2.75, 3.05) is 0 Å². The van der Waals surface area contributed by atoms with Gasteiger partial charge in [-0.05, 0) is 35.4 Å². The first kappa shape index (κ1) is 19.0. The van der Waals surface area contributed by atoms with Gasteiger partial charge in [-0.15, -0.1) is 10.2 Å². The average Bonchev–Trinajstić information content (AvgIpc) is 3.39. The largest absolute Gasteiger partial charge is 0.418 e. The summed E-state index contributed by atoms with van der Waals surface area (Å²) in [5.41, 5.74) is 2.83. The number of para-hydroxylation sites is 1. The molecule has 0 aliphatic rings. The zero-order chi connectivity index (χ0) is 21.6. The summed E-state index contributed by atoms with van der Waals surface area (Å²) >= 11 is 0. The number of benzene rings is 3. The molecule has 3 aromatic carbocycles. The van der Waals surface area contributed by atoms with Crippen LogP contribution in [-0.4, -0.2) is 24.3 Å². The molecule has 0 amide bonds. The smallest absolute Gasteiger partial charge is 0.317 e. The fourth-order valence-electron chi connectivity index (χ4n) is 3.77. The van der Waals surface area contributed by atoms with E-state index in [0.29, 0.717) is 17.0 Å². The third kappa shape index (κ3) is 3.26. The normalized spacial score (nSPS) is 11.9. The Morgan fingerprint density at radius 3 is 2.35 bits per heavy atom. The molecule has 0 radical (unpaired) electrons. The van der Waals surface area contributed by atoms with Crippen molar-refractivity contribution in [2.45, 2.75) is 6.18 Å². The van der Waals surface area contributed by atoms with E-state index in [-0.39, 0.29) is 5.52 Å². The van der Waals surface area contributed by atoms with Crippen molar-refractivity contribution in [3.05, 3.63) is 84.9 Å². The van der Waals surface area contributed by atoms with Crippen LogP contribution in [0.5, 0.6) is 0 Å². The van der Waals surface area contributed by atoms with E-state index in [1.165, 1.54) is 17.0 Å². The highest BCUT2D eigenvalue weighted by Gasteiger charge is 2.34. The zero-order valence-corrected chi connectivity index (χ0v) is 16.4. The minimum absolute atomic E-state index is 0.0359. The van der Waals surface area contributed by atoms with Crippen LogP contribution in [0, 0.1) is 0 Å². The van der Waals surface area contributed by atoms with Gasteiger partial charge in [-0.2, -0.15) is 13.2 Å². The van der Waals surface area contributed by atoms with E-state index < -0.39 is 11.7 Å².